The fraction of sp³-hybridized carbons (Fsp3) is 0.0909. The molecule has 0 aliphatic rings. The number of carboxylic acid groups (broad SMARTS) is 1. The molecule has 0 aliphatic carbocycles. The van der Waals surface area contributed by atoms with Gasteiger partial charge in [0.2, 0.25) is 5.88 Å². The second-order valence-corrected chi connectivity index (χ2v) is 6.13. The summed E-state index contributed by atoms with van der Waals surface area (Å²) in [5, 5.41) is 8.86. The lowest BCUT2D eigenvalue weighted by molar-refractivity contribution is -0.138. The third kappa shape index (κ3) is 5.84. The van der Waals surface area contributed by atoms with E-state index in [0.717, 1.165) is 23.8 Å². The maximum atomic E-state index is 12.7. The van der Waals surface area contributed by atoms with Crippen LogP contribution >= 0.6 is 0 Å². The molecule has 0 saturated carbocycles. The first-order chi connectivity index (χ1) is 14.3. The molecule has 1 heterocycles. The number of nitrogens with zero attached hydrogens (tertiary/aromatic N) is 1. The van der Waals surface area contributed by atoms with E-state index in [1.807, 2.05) is 30.3 Å². The van der Waals surface area contributed by atoms with Crippen LogP contribution in [0.4, 0.5) is 13.2 Å². The molecule has 8 heteroatoms. The van der Waals surface area contributed by atoms with Gasteiger partial charge in [0.05, 0.1) is 5.56 Å². The molecule has 0 aliphatic heterocycles. The summed E-state index contributed by atoms with van der Waals surface area (Å²) in [6.07, 6.45) is -1.44. The lowest BCUT2D eigenvalue weighted by atomic mass is 10.1. The van der Waals surface area contributed by atoms with Crippen molar-refractivity contribution in [3.63, 3.8) is 0 Å². The summed E-state index contributed by atoms with van der Waals surface area (Å²) >= 11 is 0. The molecule has 0 fully saturated rings. The Bertz CT molecular complexity index is 1030. The van der Waals surface area contributed by atoms with E-state index < -0.39 is 17.7 Å². The van der Waals surface area contributed by atoms with Crippen molar-refractivity contribution in [2.45, 2.75) is 12.8 Å². The number of rotatable bonds is 7. The van der Waals surface area contributed by atoms with Gasteiger partial charge in [-0.15, -0.1) is 0 Å². The van der Waals surface area contributed by atoms with Gasteiger partial charge in [-0.25, -0.2) is 9.78 Å². The average Bonchev–Trinajstić information content (AvgIpc) is 2.72. The Morgan fingerprint density at radius 3 is 2.47 bits per heavy atom. The first-order valence-corrected chi connectivity index (χ1v) is 8.74. The molecule has 1 N–H and O–H groups in total. The van der Waals surface area contributed by atoms with Crippen molar-refractivity contribution in [3.05, 3.63) is 89.6 Å². The van der Waals surface area contributed by atoms with E-state index in [4.69, 9.17) is 14.6 Å². The molecule has 1 aromatic heterocycles. The summed E-state index contributed by atoms with van der Waals surface area (Å²) in [5.41, 5.74) is 0.526. The smallest absolute Gasteiger partial charge is 0.417 e. The lowest BCUT2D eigenvalue weighted by Gasteiger charge is -2.12. The van der Waals surface area contributed by atoms with E-state index in [-0.39, 0.29) is 18.2 Å². The summed E-state index contributed by atoms with van der Waals surface area (Å²) in [5.74, 6) is -0.511. The molecule has 0 spiro atoms. The van der Waals surface area contributed by atoms with Crippen LogP contribution in [0.25, 0.3) is 6.08 Å². The maximum Gasteiger partial charge on any atom is 0.417 e. The van der Waals surface area contributed by atoms with Crippen LogP contribution in [-0.2, 0) is 17.6 Å². The molecular formula is C22H16F3NO4. The van der Waals surface area contributed by atoms with E-state index >= 15 is 0 Å². The van der Waals surface area contributed by atoms with Crippen LogP contribution in [0.1, 0.15) is 16.7 Å². The molecular weight excluding hydrogens is 399 g/mol. The fourth-order valence-corrected chi connectivity index (χ4v) is 2.47. The number of carboxylic acids is 1. The van der Waals surface area contributed by atoms with Crippen molar-refractivity contribution >= 4 is 12.0 Å². The van der Waals surface area contributed by atoms with Gasteiger partial charge in [-0.05, 0) is 29.8 Å². The Labute approximate surface area is 170 Å². The highest BCUT2D eigenvalue weighted by Crippen LogP contribution is 2.32. The van der Waals surface area contributed by atoms with E-state index in [9.17, 15) is 18.0 Å². The van der Waals surface area contributed by atoms with Crippen LogP contribution < -0.4 is 9.47 Å². The van der Waals surface area contributed by atoms with Gasteiger partial charge >= 0.3 is 12.1 Å². The minimum atomic E-state index is -4.48. The van der Waals surface area contributed by atoms with E-state index in [0.29, 0.717) is 17.5 Å². The van der Waals surface area contributed by atoms with E-state index in [1.54, 1.807) is 6.07 Å². The van der Waals surface area contributed by atoms with Crippen LogP contribution in [0.3, 0.4) is 0 Å². The van der Waals surface area contributed by atoms with Crippen molar-refractivity contribution in [3.8, 4) is 17.4 Å². The highest BCUT2D eigenvalue weighted by molar-refractivity contribution is 5.86. The largest absolute Gasteiger partial charge is 0.488 e. The minimum Gasteiger partial charge on any atom is -0.488 e. The third-order valence-electron chi connectivity index (χ3n) is 3.91. The molecule has 2 aromatic carbocycles. The average molecular weight is 415 g/mol. The summed E-state index contributed by atoms with van der Waals surface area (Å²) in [7, 11) is 0. The van der Waals surface area contributed by atoms with Gasteiger partial charge in [-0.1, -0.05) is 30.3 Å². The number of halogens is 3. The van der Waals surface area contributed by atoms with Crippen molar-refractivity contribution in [2.24, 2.45) is 0 Å². The monoisotopic (exact) mass is 415 g/mol. The molecule has 30 heavy (non-hydrogen) atoms. The molecule has 0 radical (unpaired) electrons. The Morgan fingerprint density at radius 2 is 1.83 bits per heavy atom. The summed E-state index contributed by atoms with van der Waals surface area (Å²) < 4.78 is 49.3. The number of aliphatic carboxylic acids is 1. The normalized spacial score (nSPS) is 11.4. The van der Waals surface area contributed by atoms with Crippen LogP contribution in [-0.4, -0.2) is 16.1 Å². The Hall–Kier alpha value is -3.81. The maximum absolute atomic E-state index is 12.7. The Morgan fingerprint density at radius 1 is 1.07 bits per heavy atom. The van der Waals surface area contributed by atoms with Gasteiger partial charge in [0.1, 0.15) is 18.1 Å². The fourth-order valence-electron chi connectivity index (χ4n) is 2.47. The quantitative estimate of drug-likeness (QED) is 0.511. The predicted molar refractivity (Wildman–Crippen MR) is 103 cm³/mol. The van der Waals surface area contributed by atoms with Gasteiger partial charge in [0.25, 0.3) is 0 Å². The second kappa shape index (κ2) is 9.13. The molecule has 0 bridgehead atoms. The van der Waals surface area contributed by atoms with Crippen LogP contribution in [0, 0.1) is 0 Å². The number of benzene rings is 2. The van der Waals surface area contributed by atoms with Gasteiger partial charge in [-0.3, -0.25) is 0 Å². The second-order valence-electron chi connectivity index (χ2n) is 6.13. The summed E-state index contributed by atoms with van der Waals surface area (Å²) in [6, 6.07) is 16.0. The molecule has 3 rings (SSSR count). The molecule has 154 valence electrons. The molecule has 0 amide bonds. The van der Waals surface area contributed by atoms with Crippen molar-refractivity contribution in [1.82, 2.24) is 4.98 Å². The van der Waals surface area contributed by atoms with Crippen LogP contribution in [0.2, 0.25) is 0 Å². The Balaban J connectivity index is 1.82. The van der Waals surface area contributed by atoms with Gasteiger partial charge in [0.15, 0.2) is 0 Å². The number of carbonyl (C=O) groups is 1. The number of hydrogen-bond donors (Lipinski definition) is 1. The highest BCUT2D eigenvalue weighted by atomic mass is 19.4. The standard InChI is InChI=1S/C22H16F3NO4/c23-22(24,25)17-8-10-20(26-13-17)30-18-9-6-16(7-11-21(27)28)19(12-18)29-14-15-4-2-1-3-5-15/h1-13H,14H2,(H,27,28)/b11-7+. The van der Waals surface area contributed by atoms with Gasteiger partial charge < -0.3 is 14.6 Å². The zero-order chi connectivity index (χ0) is 21.6. The SMILES string of the molecule is O=C(O)/C=C/c1ccc(Oc2ccc(C(F)(F)F)cn2)cc1OCc1ccccc1. The number of pyridine rings is 1. The van der Waals surface area contributed by atoms with Crippen LogP contribution in [0.5, 0.6) is 17.4 Å². The van der Waals surface area contributed by atoms with Crippen LogP contribution in [0.15, 0.2) is 72.9 Å². The topological polar surface area (TPSA) is 68.7 Å². The minimum absolute atomic E-state index is 0.0224. The van der Waals surface area contributed by atoms with E-state index in [2.05, 4.69) is 4.98 Å². The van der Waals surface area contributed by atoms with Crippen molar-refractivity contribution in [1.29, 1.82) is 0 Å². The van der Waals surface area contributed by atoms with Crippen molar-refractivity contribution < 1.29 is 32.5 Å². The van der Waals surface area contributed by atoms with E-state index in [1.165, 1.54) is 18.2 Å². The molecule has 3 aromatic rings. The first kappa shape index (κ1) is 20.9. The van der Waals surface area contributed by atoms with Gasteiger partial charge in [0, 0.05) is 30.0 Å². The Kier molecular flexibility index (Phi) is 6.36. The highest BCUT2D eigenvalue weighted by Gasteiger charge is 2.30. The lowest BCUT2D eigenvalue weighted by Crippen LogP contribution is -2.05. The first-order valence-electron chi connectivity index (χ1n) is 8.74. The molecule has 5 nitrogen and oxygen atoms in total. The number of hydrogen-bond acceptors (Lipinski definition) is 4. The number of ether oxygens (including phenoxy) is 2. The number of aromatic nitrogens is 1. The molecule has 0 unspecified atom stereocenters. The third-order valence-corrected chi connectivity index (χ3v) is 3.91. The summed E-state index contributed by atoms with van der Waals surface area (Å²) in [6.45, 7) is 0.233. The molecule has 0 saturated heterocycles. The molecule has 0 atom stereocenters. The zero-order valence-electron chi connectivity index (χ0n) is 15.5. The number of alkyl halides is 3. The van der Waals surface area contributed by atoms with Crippen molar-refractivity contribution in [2.75, 3.05) is 0 Å². The zero-order valence-corrected chi connectivity index (χ0v) is 15.5. The van der Waals surface area contributed by atoms with Gasteiger partial charge in [-0.2, -0.15) is 13.2 Å². The predicted octanol–water partition coefficient (Wildman–Crippen LogP) is 5.57. The summed E-state index contributed by atoms with van der Waals surface area (Å²) in [4.78, 5) is 14.5.